The highest BCUT2D eigenvalue weighted by atomic mass is 35.5. The van der Waals surface area contributed by atoms with E-state index in [1.54, 1.807) is 35.6 Å². The number of hydrogen-bond donors (Lipinski definition) is 1. The van der Waals surface area contributed by atoms with Crippen LogP contribution in [0.2, 0.25) is 4.34 Å². The van der Waals surface area contributed by atoms with Crippen molar-refractivity contribution in [1.29, 1.82) is 0 Å². The average Bonchev–Trinajstić information content (AvgIpc) is 3.25. The number of aryl methyl sites for hydroxylation is 1. The van der Waals surface area contributed by atoms with E-state index in [4.69, 9.17) is 11.6 Å². The van der Waals surface area contributed by atoms with Crippen LogP contribution >= 0.6 is 34.3 Å². The Balaban J connectivity index is 1.67. The first-order valence-electron chi connectivity index (χ1n) is 7.24. The van der Waals surface area contributed by atoms with Crippen LogP contribution in [0.5, 0.6) is 0 Å². The molecule has 25 heavy (non-hydrogen) atoms. The first-order chi connectivity index (χ1) is 11.9. The number of rotatable bonds is 4. The molecular formula is C16H12ClN3O2S3. The monoisotopic (exact) mass is 409 g/mol. The molecule has 0 aliphatic heterocycles. The molecule has 0 spiro atoms. The molecule has 0 atom stereocenters. The minimum Gasteiger partial charge on any atom is -0.294 e. The number of benzene rings is 1. The lowest BCUT2D eigenvalue weighted by molar-refractivity contribution is 0.603. The Morgan fingerprint density at radius 3 is 2.80 bits per heavy atom. The van der Waals surface area contributed by atoms with Gasteiger partial charge < -0.3 is 0 Å². The lowest BCUT2D eigenvalue weighted by Crippen LogP contribution is -2.11. The lowest BCUT2D eigenvalue weighted by Gasteiger charge is -2.07. The maximum atomic E-state index is 12.4. The van der Waals surface area contributed by atoms with Crippen molar-refractivity contribution in [3.05, 3.63) is 58.0 Å². The number of nitrogens with zero attached hydrogens (tertiary/aromatic N) is 2. The van der Waals surface area contributed by atoms with Gasteiger partial charge in [-0.1, -0.05) is 23.7 Å². The number of fused-ring (bicyclic) bond motifs is 1. The van der Waals surface area contributed by atoms with E-state index in [2.05, 4.69) is 9.71 Å². The SMILES string of the molecule is Cc1csc2nc(-c3cccc(NS(=O)(=O)c4ccc(Cl)s4)c3)cn12. The van der Waals surface area contributed by atoms with Gasteiger partial charge in [-0.15, -0.1) is 22.7 Å². The Labute approximate surface area is 157 Å². The van der Waals surface area contributed by atoms with Gasteiger partial charge in [0.15, 0.2) is 4.96 Å². The number of sulfonamides is 1. The van der Waals surface area contributed by atoms with Crippen molar-refractivity contribution in [1.82, 2.24) is 9.38 Å². The molecule has 0 bridgehead atoms. The van der Waals surface area contributed by atoms with Gasteiger partial charge in [0.05, 0.1) is 10.0 Å². The molecule has 128 valence electrons. The van der Waals surface area contributed by atoms with E-state index >= 15 is 0 Å². The van der Waals surface area contributed by atoms with Crippen LogP contribution in [-0.2, 0) is 10.0 Å². The van der Waals surface area contributed by atoms with Gasteiger partial charge in [-0.2, -0.15) is 0 Å². The number of thiophene rings is 1. The van der Waals surface area contributed by atoms with Gasteiger partial charge in [0.2, 0.25) is 0 Å². The number of halogens is 1. The molecule has 0 saturated heterocycles. The molecule has 9 heteroatoms. The van der Waals surface area contributed by atoms with E-state index in [9.17, 15) is 8.42 Å². The summed E-state index contributed by atoms with van der Waals surface area (Å²) in [5, 5.41) is 2.04. The van der Waals surface area contributed by atoms with E-state index in [1.165, 1.54) is 6.07 Å². The molecule has 3 heterocycles. The molecule has 0 saturated carbocycles. The van der Waals surface area contributed by atoms with Crippen molar-refractivity contribution in [2.75, 3.05) is 4.72 Å². The zero-order chi connectivity index (χ0) is 17.6. The van der Waals surface area contributed by atoms with Crippen LogP contribution in [0, 0.1) is 6.92 Å². The first-order valence-corrected chi connectivity index (χ1v) is 10.8. The Morgan fingerprint density at radius 2 is 2.08 bits per heavy atom. The van der Waals surface area contributed by atoms with E-state index in [0.29, 0.717) is 10.0 Å². The fraction of sp³-hybridized carbons (Fsp3) is 0.0625. The average molecular weight is 410 g/mol. The predicted molar refractivity (Wildman–Crippen MR) is 103 cm³/mol. The van der Waals surface area contributed by atoms with Crippen LogP contribution < -0.4 is 4.72 Å². The van der Waals surface area contributed by atoms with Gasteiger partial charge in [-0.05, 0) is 31.2 Å². The molecule has 1 N–H and O–H groups in total. The Kier molecular flexibility index (Phi) is 4.07. The van der Waals surface area contributed by atoms with Crippen molar-refractivity contribution < 1.29 is 8.42 Å². The highest BCUT2D eigenvalue weighted by Crippen LogP contribution is 2.29. The second-order valence-corrected chi connectivity index (χ2v) is 9.86. The van der Waals surface area contributed by atoms with Crippen LogP contribution in [-0.4, -0.2) is 17.8 Å². The summed E-state index contributed by atoms with van der Waals surface area (Å²) in [4.78, 5) is 5.50. The Bertz CT molecular complexity index is 1170. The summed E-state index contributed by atoms with van der Waals surface area (Å²) in [7, 11) is -3.65. The summed E-state index contributed by atoms with van der Waals surface area (Å²) in [5.41, 5.74) is 3.25. The summed E-state index contributed by atoms with van der Waals surface area (Å²) in [5.74, 6) is 0. The predicted octanol–water partition coefficient (Wildman–Crippen LogP) is 4.89. The van der Waals surface area contributed by atoms with E-state index in [0.717, 1.165) is 33.2 Å². The summed E-state index contributed by atoms with van der Waals surface area (Å²) in [6, 6.07) is 10.2. The van der Waals surface area contributed by atoms with Crippen LogP contribution in [0.3, 0.4) is 0 Å². The highest BCUT2D eigenvalue weighted by molar-refractivity contribution is 7.94. The second kappa shape index (κ2) is 6.14. The normalized spacial score (nSPS) is 11.9. The molecular weight excluding hydrogens is 398 g/mol. The second-order valence-electron chi connectivity index (χ2n) is 5.40. The molecule has 0 aliphatic rings. The molecule has 0 unspecified atom stereocenters. The van der Waals surface area contributed by atoms with Gasteiger partial charge in [0.25, 0.3) is 10.0 Å². The van der Waals surface area contributed by atoms with Crippen LogP contribution in [0.15, 0.2) is 52.2 Å². The Morgan fingerprint density at radius 1 is 1.24 bits per heavy atom. The summed E-state index contributed by atoms with van der Waals surface area (Å²) >= 11 is 8.43. The fourth-order valence-corrected chi connectivity index (χ4v) is 5.81. The van der Waals surface area contributed by atoms with Gasteiger partial charge in [-0.25, -0.2) is 13.4 Å². The molecule has 3 aromatic heterocycles. The number of aromatic nitrogens is 2. The molecule has 1 aromatic carbocycles. The maximum absolute atomic E-state index is 12.4. The van der Waals surface area contributed by atoms with Gasteiger partial charge in [0.1, 0.15) is 4.21 Å². The zero-order valence-corrected chi connectivity index (χ0v) is 16.1. The number of hydrogen-bond acceptors (Lipinski definition) is 5. The van der Waals surface area contributed by atoms with Crippen LogP contribution in [0.1, 0.15) is 5.69 Å². The molecule has 4 aromatic rings. The minimum absolute atomic E-state index is 0.182. The van der Waals surface area contributed by atoms with Gasteiger partial charge in [-0.3, -0.25) is 9.12 Å². The maximum Gasteiger partial charge on any atom is 0.271 e. The van der Waals surface area contributed by atoms with E-state index < -0.39 is 10.0 Å². The van der Waals surface area contributed by atoms with E-state index in [1.807, 2.05) is 29.0 Å². The zero-order valence-electron chi connectivity index (χ0n) is 12.9. The molecule has 5 nitrogen and oxygen atoms in total. The van der Waals surface area contributed by atoms with E-state index in [-0.39, 0.29) is 4.21 Å². The topological polar surface area (TPSA) is 63.5 Å². The van der Waals surface area contributed by atoms with Crippen molar-refractivity contribution in [2.45, 2.75) is 11.1 Å². The first kappa shape index (κ1) is 16.6. The third-order valence-electron chi connectivity index (χ3n) is 3.61. The molecule has 0 fully saturated rings. The quantitative estimate of drug-likeness (QED) is 0.522. The number of anilines is 1. The van der Waals surface area contributed by atoms with Crippen molar-refractivity contribution in [3.8, 4) is 11.3 Å². The third-order valence-corrected chi connectivity index (χ3v) is 7.67. The number of imidazole rings is 1. The van der Waals surface area contributed by atoms with Crippen LogP contribution in [0.4, 0.5) is 5.69 Å². The summed E-state index contributed by atoms with van der Waals surface area (Å²) in [6.07, 6.45) is 1.95. The lowest BCUT2D eigenvalue weighted by atomic mass is 10.1. The molecule has 0 radical (unpaired) electrons. The number of nitrogens with one attached hydrogen (secondary N) is 1. The Hall–Kier alpha value is -1.87. The summed E-state index contributed by atoms with van der Waals surface area (Å²) < 4.78 is 30.1. The van der Waals surface area contributed by atoms with Gasteiger partial charge >= 0.3 is 0 Å². The highest BCUT2D eigenvalue weighted by Gasteiger charge is 2.17. The molecule has 0 aliphatic carbocycles. The van der Waals surface area contributed by atoms with Crippen molar-refractivity contribution >= 4 is 54.9 Å². The molecule has 4 rings (SSSR count). The van der Waals surface area contributed by atoms with Crippen LogP contribution in [0.25, 0.3) is 16.2 Å². The smallest absolute Gasteiger partial charge is 0.271 e. The summed E-state index contributed by atoms with van der Waals surface area (Å²) in [6.45, 7) is 2.02. The minimum atomic E-state index is -3.65. The standard InChI is InChI=1S/C16H12ClN3O2S3/c1-10-9-23-16-18-13(8-20(10)16)11-3-2-4-12(7-11)19-25(21,22)15-6-5-14(17)24-15/h2-9,19H,1H3. The molecule has 0 amide bonds. The van der Waals surface area contributed by atoms with Gasteiger partial charge in [0, 0.05) is 28.5 Å². The fourth-order valence-electron chi connectivity index (χ4n) is 2.42. The number of thiazole rings is 1. The largest absolute Gasteiger partial charge is 0.294 e. The van der Waals surface area contributed by atoms with Crippen molar-refractivity contribution in [2.24, 2.45) is 0 Å². The van der Waals surface area contributed by atoms with Crippen molar-refractivity contribution in [3.63, 3.8) is 0 Å². The third kappa shape index (κ3) is 3.18.